The molecule has 5 heteroatoms. The van der Waals surface area contributed by atoms with E-state index in [-0.39, 0.29) is 6.54 Å². The molecule has 0 amide bonds. The summed E-state index contributed by atoms with van der Waals surface area (Å²) >= 11 is 0. The minimum Gasteiger partial charge on any atom is -0.481 e. The van der Waals surface area contributed by atoms with E-state index in [2.05, 4.69) is 4.98 Å². The largest absolute Gasteiger partial charge is 0.481 e. The Labute approximate surface area is 85.5 Å². The van der Waals surface area contributed by atoms with Crippen LogP contribution in [0.1, 0.15) is 11.5 Å². The van der Waals surface area contributed by atoms with Crippen LogP contribution in [0.2, 0.25) is 0 Å². The molecule has 0 aliphatic carbocycles. The van der Waals surface area contributed by atoms with E-state index < -0.39 is 11.9 Å². The number of fused-ring (bicyclic) bond motifs is 1. The second-order valence-electron chi connectivity index (χ2n) is 3.19. The molecule has 0 saturated carbocycles. The fourth-order valence-electron chi connectivity index (χ4n) is 1.53. The van der Waals surface area contributed by atoms with Crippen LogP contribution >= 0.6 is 0 Å². The molecule has 3 N–H and O–H groups in total. The Bertz CT molecular complexity index is 492. The van der Waals surface area contributed by atoms with Crippen LogP contribution in [0.4, 0.5) is 0 Å². The molecule has 0 radical (unpaired) electrons. The van der Waals surface area contributed by atoms with Crippen molar-refractivity contribution in [1.29, 1.82) is 0 Å². The first-order valence-electron chi connectivity index (χ1n) is 4.48. The van der Waals surface area contributed by atoms with Crippen molar-refractivity contribution in [3.05, 3.63) is 30.3 Å². The zero-order chi connectivity index (χ0) is 10.8. The molecule has 0 saturated heterocycles. The van der Waals surface area contributed by atoms with Gasteiger partial charge in [-0.05, 0) is 6.07 Å². The second-order valence-corrected chi connectivity index (χ2v) is 3.19. The molecule has 0 bridgehead atoms. The predicted octanol–water partition coefficient (Wildman–Crippen LogP) is 0.955. The molecule has 15 heavy (non-hydrogen) atoms. The molecule has 2 heterocycles. The Hall–Kier alpha value is -1.88. The summed E-state index contributed by atoms with van der Waals surface area (Å²) in [7, 11) is 0. The van der Waals surface area contributed by atoms with Gasteiger partial charge >= 0.3 is 5.97 Å². The summed E-state index contributed by atoms with van der Waals surface area (Å²) < 4.78 is 5.20. The Morgan fingerprint density at radius 3 is 3.13 bits per heavy atom. The first kappa shape index (κ1) is 9.67. The third-order valence-corrected chi connectivity index (χ3v) is 2.32. The van der Waals surface area contributed by atoms with Crippen molar-refractivity contribution in [2.45, 2.75) is 5.92 Å². The van der Waals surface area contributed by atoms with Gasteiger partial charge in [0.15, 0.2) is 5.58 Å². The topological polar surface area (TPSA) is 89.4 Å². The molecule has 0 spiro atoms. The van der Waals surface area contributed by atoms with Crippen LogP contribution in [-0.2, 0) is 4.79 Å². The summed E-state index contributed by atoms with van der Waals surface area (Å²) in [6.45, 7) is 0.0479. The maximum atomic E-state index is 10.9. The fourth-order valence-corrected chi connectivity index (χ4v) is 1.53. The minimum atomic E-state index is -0.947. The maximum absolute atomic E-state index is 10.9. The van der Waals surface area contributed by atoms with Crippen LogP contribution in [0, 0.1) is 0 Å². The number of furan rings is 1. The van der Waals surface area contributed by atoms with Crippen molar-refractivity contribution in [3.8, 4) is 0 Å². The van der Waals surface area contributed by atoms with Gasteiger partial charge in [-0.25, -0.2) is 0 Å². The lowest BCUT2D eigenvalue weighted by atomic mass is 9.99. The lowest BCUT2D eigenvalue weighted by Gasteiger charge is -2.06. The Balaban J connectivity index is 2.55. The van der Waals surface area contributed by atoms with Crippen molar-refractivity contribution < 1.29 is 14.3 Å². The second kappa shape index (κ2) is 3.70. The summed E-state index contributed by atoms with van der Waals surface area (Å²) in [6.07, 6.45) is 4.57. The molecule has 5 nitrogen and oxygen atoms in total. The van der Waals surface area contributed by atoms with E-state index in [9.17, 15) is 4.79 Å². The van der Waals surface area contributed by atoms with Gasteiger partial charge in [-0.2, -0.15) is 0 Å². The van der Waals surface area contributed by atoms with Crippen LogP contribution in [0.15, 0.2) is 29.1 Å². The van der Waals surface area contributed by atoms with Crippen molar-refractivity contribution in [2.24, 2.45) is 5.73 Å². The number of aromatic nitrogens is 1. The van der Waals surface area contributed by atoms with Gasteiger partial charge in [-0.15, -0.1) is 0 Å². The monoisotopic (exact) mass is 206 g/mol. The molecule has 2 aromatic rings. The summed E-state index contributed by atoms with van der Waals surface area (Å²) in [5, 5.41) is 9.72. The van der Waals surface area contributed by atoms with Crippen molar-refractivity contribution in [2.75, 3.05) is 6.54 Å². The van der Waals surface area contributed by atoms with Crippen LogP contribution in [0.5, 0.6) is 0 Å². The molecule has 2 aromatic heterocycles. The number of pyridine rings is 1. The third-order valence-electron chi connectivity index (χ3n) is 2.32. The number of carboxylic acids is 1. The number of nitrogens with zero attached hydrogens (tertiary/aromatic N) is 1. The van der Waals surface area contributed by atoms with Gasteiger partial charge in [0, 0.05) is 23.7 Å². The fraction of sp³-hybridized carbons (Fsp3) is 0.200. The summed E-state index contributed by atoms with van der Waals surface area (Å²) in [5.41, 5.74) is 6.59. The smallest absolute Gasteiger partial charge is 0.312 e. The molecule has 0 fully saturated rings. The average Bonchev–Trinajstić information content (AvgIpc) is 2.63. The summed E-state index contributed by atoms with van der Waals surface area (Å²) in [6, 6.07) is 1.72. The van der Waals surface area contributed by atoms with Crippen molar-refractivity contribution in [1.82, 2.24) is 4.98 Å². The quantitative estimate of drug-likeness (QED) is 0.780. The van der Waals surface area contributed by atoms with Gasteiger partial charge < -0.3 is 15.3 Å². The summed E-state index contributed by atoms with van der Waals surface area (Å²) in [5.74, 6) is -1.68. The van der Waals surface area contributed by atoms with Gasteiger partial charge in [-0.1, -0.05) is 0 Å². The Morgan fingerprint density at radius 1 is 1.67 bits per heavy atom. The van der Waals surface area contributed by atoms with E-state index in [4.69, 9.17) is 15.3 Å². The number of rotatable bonds is 3. The highest BCUT2D eigenvalue weighted by Crippen LogP contribution is 2.26. The molecular formula is C10H10N2O3. The standard InChI is InChI=1S/C10H10N2O3/c11-3-7(10(13)14)8-5-15-9-4-12-2-1-6(8)9/h1-2,4-5,7H,3,11H2,(H,13,14). The molecule has 0 aliphatic heterocycles. The lowest BCUT2D eigenvalue weighted by Crippen LogP contribution is -2.20. The van der Waals surface area contributed by atoms with Gasteiger partial charge in [-0.3, -0.25) is 9.78 Å². The van der Waals surface area contributed by atoms with Crippen LogP contribution in [0.3, 0.4) is 0 Å². The number of aliphatic carboxylic acids is 1. The number of hydrogen-bond donors (Lipinski definition) is 2. The Kier molecular flexibility index (Phi) is 2.39. The highest BCUT2D eigenvalue weighted by molar-refractivity contribution is 5.87. The highest BCUT2D eigenvalue weighted by Gasteiger charge is 2.22. The third kappa shape index (κ3) is 1.57. The number of carbonyl (C=O) groups is 1. The van der Waals surface area contributed by atoms with Gasteiger partial charge in [0.1, 0.15) is 0 Å². The van der Waals surface area contributed by atoms with Gasteiger partial charge in [0.05, 0.1) is 18.4 Å². The van der Waals surface area contributed by atoms with E-state index in [1.807, 2.05) is 0 Å². The van der Waals surface area contributed by atoms with E-state index in [1.54, 1.807) is 18.5 Å². The van der Waals surface area contributed by atoms with Gasteiger partial charge in [0.2, 0.25) is 0 Å². The van der Waals surface area contributed by atoms with Crippen molar-refractivity contribution >= 4 is 16.9 Å². The molecule has 0 aromatic carbocycles. The van der Waals surface area contributed by atoms with Crippen LogP contribution < -0.4 is 5.73 Å². The Morgan fingerprint density at radius 2 is 2.47 bits per heavy atom. The SMILES string of the molecule is NCC(C(=O)O)c1coc2cnccc12. The van der Waals surface area contributed by atoms with Crippen LogP contribution in [0.25, 0.3) is 11.0 Å². The first-order chi connectivity index (χ1) is 7.24. The van der Waals surface area contributed by atoms with E-state index in [0.29, 0.717) is 11.1 Å². The molecule has 78 valence electrons. The molecule has 0 aliphatic rings. The van der Waals surface area contributed by atoms with Gasteiger partial charge in [0.25, 0.3) is 0 Å². The molecular weight excluding hydrogens is 196 g/mol. The van der Waals surface area contributed by atoms with E-state index in [0.717, 1.165) is 5.39 Å². The van der Waals surface area contributed by atoms with E-state index >= 15 is 0 Å². The molecule has 1 unspecified atom stereocenters. The molecule has 2 rings (SSSR count). The normalized spacial score (nSPS) is 12.9. The number of hydrogen-bond acceptors (Lipinski definition) is 4. The number of carboxylic acid groups (broad SMARTS) is 1. The predicted molar refractivity (Wildman–Crippen MR) is 53.4 cm³/mol. The van der Waals surface area contributed by atoms with Crippen molar-refractivity contribution in [3.63, 3.8) is 0 Å². The lowest BCUT2D eigenvalue weighted by molar-refractivity contribution is -0.138. The average molecular weight is 206 g/mol. The minimum absolute atomic E-state index is 0.0479. The van der Waals surface area contributed by atoms with Crippen LogP contribution in [-0.4, -0.2) is 22.6 Å². The maximum Gasteiger partial charge on any atom is 0.312 e. The first-order valence-corrected chi connectivity index (χ1v) is 4.48. The van der Waals surface area contributed by atoms with E-state index in [1.165, 1.54) is 6.26 Å². The number of nitrogens with two attached hydrogens (primary N) is 1. The summed E-state index contributed by atoms with van der Waals surface area (Å²) in [4.78, 5) is 14.8. The zero-order valence-electron chi connectivity index (χ0n) is 7.88. The highest BCUT2D eigenvalue weighted by atomic mass is 16.4. The molecule has 1 atom stereocenters. The zero-order valence-corrected chi connectivity index (χ0v) is 7.88.